The summed E-state index contributed by atoms with van der Waals surface area (Å²) >= 11 is 0. The first-order valence-electron chi connectivity index (χ1n) is 6.20. The third kappa shape index (κ3) is 3.53. The zero-order valence-corrected chi connectivity index (χ0v) is 11.2. The first-order chi connectivity index (χ1) is 9.91. The highest BCUT2D eigenvalue weighted by molar-refractivity contribution is 5.77. The summed E-state index contributed by atoms with van der Waals surface area (Å²) in [5, 5.41) is 5.83. The van der Waals surface area contributed by atoms with E-state index in [-0.39, 0.29) is 0 Å². The minimum absolute atomic E-state index is 0.305. The summed E-state index contributed by atoms with van der Waals surface area (Å²) in [7, 11) is 0. The zero-order chi connectivity index (χ0) is 15.5. The van der Waals surface area contributed by atoms with Crippen molar-refractivity contribution in [2.45, 2.75) is 13.1 Å². The Morgan fingerprint density at radius 2 is 1.71 bits per heavy atom. The highest BCUT2D eigenvalue weighted by atomic mass is 19.4. The predicted octanol–water partition coefficient (Wildman–Crippen LogP) is 3.25. The van der Waals surface area contributed by atoms with Gasteiger partial charge in [0.2, 0.25) is 0 Å². The fourth-order valence-corrected chi connectivity index (χ4v) is 1.68. The lowest BCUT2D eigenvalue weighted by atomic mass is 10.2. The zero-order valence-electron chi connectivity index (χ0n) is 11.2. The molecule has 0 radical (unpaired) electrons. The summed E-state index contributed by atoms with van der Waals surface area (Å²) in [5.41, 5.74) is 5.93. The van der Waals surface area contributed by atoms with E-state index in [1.807, 2.05) is 6.92 Å². The first-order valence-corrected chi connectivity index (χ1v) is 6.20. The predicted molar refractivity (Wildman–Crippen MR) is 75.3 cm³/mol. The van der Waals surface area contributed by atoms with Crippen LogP contribution in [0, 0.1) is 0 Å². The molecule has 4 N–H and O–H groups in total. The summed E-state index contributed by atoms with van der Waals surface area (Å²) < 4.78 is 37.4. The highest BCUT2D eigenvalue weighted by Gasteiger charge is 2.29. The molecule has 8 heteroatoms. The number of hydrogen-bond acceptors (Lipinski definition) is 5. The number of nitrogens with zero attached hydrogens (tertiary/aromatic N) is 2. The molecule has 0 fully saturated rings. The normalized spacial score (nSPS) is 11.2. The standard InChI is InChI=1S/C13H14F3N5/c1-2-18-11-10(17)12(20-7-19-11)21-9-5-3-8(4-6-9)13(14,15)16/h3-7H,2,17H2,1H3,(H2,18,19,20,21). The number of rotatable bonds is 4. The lowest BCUT2D eigenvalue weighted by molar-refractivity contribution is -0.137. The van der Waals surface area contributed by atoms with Crippen LogP contribution in [0.25, 0.3) is 0 Å². The maximum atomic E-state index is 12.5. The van der Waals surface area contributed by atoms with Crippen LogP contribution in [-0.4, -0.2) is 16.5 Å². The van der Waals surface area contributed by atoms with Crippen LogP contribution in [0.3, 0.4) is 0 Å². The van der Waals surface area contributed by atoms with E-state index >= 15 is 0 Å². The molecule has 1 aromatic carbocycles. The average Bonchev–Trinajstić information content (AvgIpc) is 2.43. The van der Waals surface area contributed by atoms with Gasteiger partial charge in [0.25, 0.3) is 0 Å². The van der Waals surface area contributed by atoms with E-state index in [0.29, 0.717) is 29.6 Å². The molecular weight excluding hydrogens is 283 g/mol. The maximum absolute atomic E-state index is 12.5. The Morgan fingerprint density at radius 3 is 2.29 bits per heavy atom. The third-order valence-electron chi connectivity index (χ3n) is 2.70. The topological polar surface area (TPSA) is 75.9 Å². The maximum Gasteiger partial charge on any atom is 0.416 e. The van der Waals surface area contributed by atoms with Crippen LogP contribution in [0.5, 0.6) is 0 Å². The molecular formula is C13H14F3N5. The summed E-state index contributed by atoms with van der Waals surface area (Å²) in [6.45, 7) is 2.53. The molecule has 0 spiro atoms. The van der Waals surface area contributed by atoms with Crippen molar-refractivity contribution in [3.63, 3.8) is 0 Å². The number of nitrogens with two attached hydrogens (primary N) is 1. The van der Waals surface area contributed by atoms with Crippen molar-refractivity contribution in [1.29, 1.82) is 0 Å². The Hall–Kier alpha value is -2.51. The lowest BCUT2D eigenvalue weighted by Crippen LogP contribution is -2.08. The molecule has 0 saturated heterocycles. The van der Waals surface area contributed by atoms with Gasteiger partial charge in [-0.15, -0.1) is 0 Å². The molecule has 1 aromatic heterocycles. The second kappa shape index (κ2) is 5.86. The van der Waals surface area contributed by atoms with E-state index in [1.165, 1.54) is 18.5 Å². The van der Waals surface area contributed by atoms with Crippen molar-refractivity contribution >= 4 is 23.0 Å². The molecule has 0 atom stereocenters. The molecule has 5 nitrogen and oxygen atoms in total. The van der Waals surface area contributed by atoms with Gasteiger partial charge in [0, 0.05) is 12.2 Å². The number of halogens is 3. The monoisotopic (exact) mass is 297 g/mol. The number of anilines is 4. The molecule has 0 saturated carbocycles. The molecule has 2 rings (SSSR count). The summed E-state index contributed by atoms with van der Waals surface area (Å²) in [4.78, 5) is 7.96. The van der Waals surface area contributed by atoms with Crippen molar-refractivity contribution < 1.29 is 13.2 Å². The highest BCUT2D eigenvalue weighted by Crippen LogP contribution is 2.31. The van der Waals surface area contributed by atoms with Crippen LogP contribution in [0.2, 0.25) is 0 Å². The molecule has 0 amide bonds. The van der Waals surface area contributed by atoms with Crippen molar-refractivity contribution in [1.82, 2.24) is 9.97 Å². The van der Waals surface area contributed by atoms with Crippen molar-refractivity contribution in [3.05, 3.63) is 36.2 Å². The van der Waals surface area contributed by atoms with Crippen molar-refractivity contribution in [2.75, 3.05) is 22.9 Å². The Kier molecular flexibility index (Phi) is 4.15. The van der Waals surface area contributed by atoms with Gasteiger partial charge in [-0.1, -0.05) is 0 Å². The number of nitrogens with one attached hydrogen (secondary N) is 2. The van der Waals surface area contributed by atoms with Gasteiger partial charge < -0.3 is 16.4 Å². The van der Waals surface area contributed by atoms with Gasteiger partial charge in [0.1, 0.15) is 12.0 Å². The van der Waals surface area contributed by atoms with Gasteiger partial charge >= 0.3 is 6.18 Å². The van der Waals surface area contributed by atoms with Crippen LogP contribution in [-0.2, 0) is 6.18 Å². The first kappa shape index (κ1) is 14.9. The quantitative estimate of drug-likeness (QED) is 0.807. The van der Waals surface area contributed by atoms with Gasteiger partial charge in [-0.2, -0.15) is 13.2 Å². The lowest BCUT2D eigenvalue weighted by Gasteiger charge is -2.12. The van der Waals surface area contributed by atoms with Gasteiger partial charge in [0.05, 0.1) is 5.56 Å². The van der Waals surface area contributed by atoms with Crippen LogP contribution in [0.4, 0.5) is 36.2 Å². The summed E-state index contributed by atoms with van der Waals surface area (Å²) in [5.74, 6) is 0.808. The fourth-order valence-electron chi connectivity index (χ4n) is 1.68. The van der Waals surface area contributed by atoms with Gasteiger partial charge in [-0.25, -0.2) is 9.97 Å². The minimum atomic E-state index is -4.36. The average molecular weight is 297 g/mol. The molecule has 0 aliphatic heterocycles. The SMILES string of the molecule is CCNc1ncnc(Nc2ccc(C(F)(F)F)cc2)c1N. The van der Waals surface area contributed by atoms with Gasteiger partial charge in [-0.3, -0.25) is 0 Å². The van der Waals surface area contributed by atoms with E-state index in [4.69, 9.17) is 5.73 Å². The summed E-state index contributed by atoms with van der Waals surface area (Å²) in [6, 6.07) is 4.62. The van der Waals surface area contributed by atoms with Crippen molar-refractivity contribution in [2.24, 2.45) is 0 Å². The molecule has 112 valence electrons. The smallest absolute Gasteiger partial charge is 0.393 e. The number of hydrogen-bond donors (Lipinski definition) is 3. The van der Waals surface area contributed by atoms with E-state index in [9.17, 15) is 13.2 Å². The second-order valence-corrected chi connectivity index (χ2v) is 4.21. The molecule has 0 aliphatic rings. The Balaban J connectivity index is 2.20. The largest absolute Gasteiger partial charge is 0.416 e. The van der Waals surface area contributed by atoms with E-state index in [2.05, 4.69) is 20.6 Å². The second-order valence-electron chi connectivity index (χ2n) is 4.21. The molecule has 0 unspecified atom stereocenters. The molecule has 2 aromatic rings. The fraction of sp³-hybridized carbons (Fsp3) is 0.231. The molecule has 21 heavy (non-hydrogen) atoms. The van der Waals surface area contributed by atoms with Crippen LogP contribution >= 0.6 is 0 Å². The molecule has 0 aliphatic carbocycles. The molecule has 1 heterocycles. The molecule has 0 bridgehead atoms. The van der Waals surface area contributed by atoms with Gasteiger partial charge in [0.15, 0.2) is 11.6 Å². The van der Waals surface area contributed by atoms with Crippen LogP contribution in [0.1, 0.15) is 12.5 Å². The van der Waals surface area contributed by atoms with Crippen LogP contribution in [0.15, 0.2) is 30.6 Å². The number of benzene rings is 1. The van der Waals surface area contributed by atoms with Crippen LogP contribution < -0.4 is 16.4 Å². The summed E-state index contributed by atoms with van der Waals surface area (Å²) in [6.07, 6.45) is -3.04. The number of nitrogen functional groups attached to an aromatic ring is 1. The van der Waals surface area contributed by atoms with E-state index in [0.717, 1.165) is 12.1 Å². The van der Waals surface area contributed by atoms with Gasteiger partial charge in [-0.05, 0) is 31.2 Å². The Morgan fingerprint density at radius 1 is 1.10 bits per heavy atom. The van der Waals surface area contributed by atoms with E-state index < -0.39 is 11.7 Å². The van der Waals surface area contributed by atoms with E-state index in [1.54, 1.807) is 0 Å². The number of alkyl halides is 3. The van der Waals surface area contributed by atoms with Crippen molar-refractivity contribution in [3.8, 4) is 0 Å². The Bertz CT molecular complexity index is 610. The number of aromatic nitrogens is 2. The third-order valence-corrected chi connectivity index (χ3v) is 2.70. The Labute approximate surface area is 119 Å². The minimum Gasteiger partial charge on any atom is -0.393 e.